The standard InChI is InChI=1S/C16H16N2O5S/c1-24(20,21)18-13-4-2-3-12(8-13)16(19)17-9-11-5-6-14-15(7-11)23-10-22-14/h2-8,18H,9-10H2,1H3,(H,17,19). The molecule has 0 saturated heterocycles. The Bertz CT molecular complexity index is 880. The number of ether oxygens (including phenoxy) is 2. The van der Waals surface area contributed by atoms with Gasteiger partial charge in [-0.2, -0.15) is 0 Å². The number of nitrogens with one attached hydrogen (secondary N) is 2. The van der Waals surface area contributed by atoms with E-state index in [-0.39, 0.29) is 12.7 Å². The van der Waals surface area contributed by atoms with Gasteiger partial charge >= 0.3 is 0 Å². The van der Waals surface area contributed by atoms with Gasteiger partial charge in [-0.15, -0.1) is 0 Å². The molecule has 0 saturated carbocycles. The van der Waals surface area contributed by atoms with E-state index in [4.69, 9.17) is 9.47 Å². The number of hydrogen-bond acceptors (Lipinski definition) is 5. The fourth-order valence-electron chi connectivity index (χ4n) is 2.27. The number of sulfonamides is 1. The molecule has 1 amide bonds. The van der Waals surface area contributed by atoms with E-state index >= 15 is 0 Å². The summed E-state index contributed by atoms with van der Waals surface area (Å²) >= 11 is 0. The molecule has 0 radical (unpaired) electrons. The van der Waals surface area contributed by atoms with E-state index in [0.29, 0.717) is 29.3 Å². The van der Waals surface area contributed by atoms with Crippen LogP contribution in [0.2, 0.25) is 0 Å². The predicted octanol–water partition coefficient (Wildman–Crippen LogP) is 1.72. The third-order valence-electron chi connectivity index (χ3n) is 3.32. The number of benzene rings is 2. The van der Waals surface area contributed by atoms with Gasteiger partial charge in [0.2, 0.25) is 16.8 Å². The number of rotatable bonds is 5. The van der Waals surface area contributed by atoms with Gasteiger partial charge in [0, 0.05) is 17.8 Å². The Morgan fingerprint density at radius 1 is 1.12 bits per heavy atom. The molecule has 7 nitrogen and oxygen atoms in total. The summed E-state index contributed by atoms with van der Waals surface area (Å²) in [7, 11) is -3.39. The first-order valence-electron chi connectivity index (χ1n) is 7.15. The average Bonchev–Trinajstić information content (AvgIpc) is 2.98. The molecule has 2 aromatic rings. The molecule has 0 spiro atoms. The average molecular weight is 348 g/mol. The normalized spacial score (nSPS) is 12.7. The van der Waals surface area contributed by atoms with Crippen molar-refractivity contribution < 1.29 is 22.7 Å². The van der Waals surface area contributed by atoms with Crippen LogP contribution in [0.4, 0.5) is 5.69 Å². The minimum atomic E-state index is -3.39. The van der Waals surface area contributed by atoms with Crippen molar-refractivity contribution in [3.05, 3.63) is 53.6 Å². The van der Waals surface area contributed by atoms with Crippen molar-refractivity contribution in [3.63, 3.8) is 0 Å². The maximum Gasteiger partial charge on any atom is 0.251 e. The quantitative estimate of drug-likeness (QED) is 0.858. The van der Waals surface area contributed by atoms with Gasteiger partial charge in [-0.05, 0) is 35.9 Å². The molecule has 0 atom stereocenters. The van der Waals surface area contributed by atoms with Crippen LogP contribution in [0.3, 0.4) is 0 Å². The summed E-state index contributed by atoms with van der Waals surface area (Å²) in [4.78, 5) is 12.2. The smallest absolute Gasteiger partial charge is 0.251 e. The van der Waals surface area contributed by atoms with E-state index in [2.05, 4.69) is 10.0 Å². The number of fused-ring (bicyclic) bond motifs is 1. The number of carbonyl (C=O) groups excluding carboxylic acids is 1. The monoisotopic (exact) mass is 348 g/mol. The molecule has 8 heteroatoms. The molecule has 3 rings (SSSR count). The summed E-state index contributed by atoms with van der Waals surface area (Å²) in [5, 5.41) is 2.78. The Labute approximate surface area is 139 Å². The van der Waals surface area contributed by atoms with Crippen molar-refractivity contribution in [2.45, 2.75) is 6.54 Å². The Morgan fingerprint density at radius 2 is 1.92 bits per heavy atom. The van der Waals surface area contributed by atoms with Crippen LogP contribution < -0.4 is 19.5 Å². The van der Waals surface area contributed by atoms with Crippen molar-refractivity contribution >= 4 is 21.6 Å². The summed E-state index contributed by atoms with van der Waals surface area (Å²) < 4.78 is 35.4. The highest BCUT2D eigenvalue weighted by Crippen LogP contribution is 2.32. The fraction of sp³-hybridized carbons (Fsp3) is 0.188. The van der Waals surface area contributed by atoms with Crippen LogP contribution in [0, 0.1) is 0 Å². The second-order valence-electron chi connectivity index (χ2n) is 5.33. The van der Waals surface area contributed by atoms with Gasteiger partial charge in [-0.1, -0.05) is 12.1 Å². The second kappa shape index (κ2) is 6.40. The molecule has 0 unspecified atom stereocenters. The van der Waals surface area contributed by atoms with E-state index in [9.17, 15) is 13.2 Å². The summed E-state index contributed by atoms with van der Waals surface area (Å²) in [6.45, 7) is 0.518. The third kappa shape index (κ3) is 3.96. The molecule has 0 aromatic heterocycles. The topological polar surface area (TPSA) is 93.7 Å². The maximum absolute atomic E-state index is 12.2. The van der Waals surface area contributed by atoms with Gasteiger partial charge in [0.25, 0.3) is 5.91 Å². The van der Waals surface area contributed by atoms with Crippen LogP contribution in [0.1, 0.15) is 15.9 Å². The van der Waals surface area contributed by atoms with Crippen molar-refractivity contribution in [2.75, 3.05) is 17.8 Å². The van der Waals surface area contributed by atoms with E-state index in [0.717, 1.165) is 11.8 Å². The number of amides is 1. The Kier molecular flexibility index (Phi) is 4.30. The van der Waals surface area contributed by atoms with Crippen LogP contribution in [-0.4, -0.2) is 27.4 Å². The van der Waals surface area contributed by atoms with E-state index in [1.165, 1.54) is 6.07 Å². The number of anilines is 1. The first-order chi connectivity index (χ1) is 11.4. The van der Waals surface area contributed by atoms with E-state index in [1.54, 1.807) is 24.3 Å². The van der Waals surface area contributed by atoms with Crippen LogP contribution in [0.15, 0.2) is 42.5 Å². The van der Waals surface area contributed by atoms with E-state index < -0.39 is 10.0 Å². The predicted molar refractivity (Wildman–Crippen MR) is 88.6 cm³/mol. The fourth-order valence-corrected chi connectivity index (χ4v) is 2.83. The minimum Gasteiger partial charge on any atom is -0.454 e. The molecule has 2 aromatic carbocycles. The van der Waals surface area contributed by atoms with Crippen LogP contribution in [-0.2, 0) is 16.6 Å². The van der Waals surface area contributed by atoms with Crippen LogP contribution in [0.25, 0.3) is 0 Å². The zero-order valence-electron chi connectivity index (χ0n) is 12.9. The lowest BCUT2D eigenvalue weighted by Gasteiger charge is -2.08. The van der Waals surface area contributed by atoms with Gasteiger partial charge in [-0.3, -0.25) is 9.52 Å². The van der Waals surface area contributed by atoms with E-state index in [1.807, 2.05) is 12.1 Å². The molecule has 1 aliphatic heterocycles. The third-order valence-corrected chi connectivity index (χ3v) is 3.92. The van der Waals surface area contributed by atoms with Gasteiger partial charge in [0.05, 0.1) is 6.26 Å². The molecule has 0 fully saturated rings. The lowest BCUT2D eigenvalue weighted by Crippen LogP contribution is -2.23. The van der Waals surface area contributed by atoms with Crippen molar-refractivity contribution in [1.29, 1.82) is 0 Å². The van der Waals surface area contributed by atoms with Crippen molar-refractivity contribution in [3.8, 4) is 11.5 Å². The highest BCUT2D eigenvalue weighted by Gasteiger charge is 2.14. The highest BCUT2D eigenvalue weighted by molar-refractivity contribution is 7.92. The Hall–Kier alpha value is -2.74. The highest BCUT2D eigenvalue weighted by atomic mass is 32.2. The second-order valence-corrected chi connectivity index (χ2v) is 7.07. The van der Waals surface area contributed by atoms with Crippen molar-refractivity contribution in [2.24, 2.45) is 0 Å². The molecular formula is C16H16N2O5S. The zero-order chi connectivity index (χ0) is 17.2. The molecule has 0 bridgehead atoms. The lowest BCUT2D eigenvalue weighted by atomic mass is 10.1. The molecule has 2 N–H and O–H groups in total. The summed E-state index contributed by atoms with van der Waals surface area (Å²) in [5.41, 5.74) is 1.58. The molecule has 24 heavy (non-hydrogen) atoms. The van der Waals surface area contributed by atoms with Crippen LogP contribution >= 0.6 is 0 Å². The summed E-state index contributed by atoms with van der Waals surface area (Å²) in [6.07, 6.45) is 1.05. The largest absolute Gasteiger partial charge is 0.454 e. The molecule has 0 aliphatic carbocycles. The minimum absolute atomic E-state index is 0.200. The lowest BCUT2D eigenvalue weighted by molar-refractivity contribution is 0.0951. The Morgan fingerprint density at radius 3 is 2.71 bits per heavy atom. The zero-order valence-corrected chi connectivity index (χ0v) is 13.7. The first kappa shape index (κ1) is 16.1. The summed E-state index contributed by atoms with van der Waals surface area (Å²) in [5.74, 6) is 1.04. The SMILES string of the molecule is CS(=O)(=O)Nc1cccc(C(=O)NCc2ccc3c(c2)OCO3)c1. The number of hydrogen-bond donors (Lipinski definition) is 2. The van der Waals surface area contributed by atoms with Gasteiger partial charge in [0.15, 0.2) is 11.5 Å². The molecule has 1 heterocycles. The number of carbonyl (C=O) groups is 1. The van der Waals surface area contributed by atoms with Gasteiger partial charge in [0.1, 0.15) is 0 Å². The molecular weight excluding hydrogens is 332 g/mol. The first-order valence-corrected chi connectivity index (χ1v) is 9.04. The Balaban J connectivity index is 1.66. The summed E-state index contributed by atoms with van der Waals surface area (Å²) in [6, 6.07) is 11.7. The maximum atomic E-state index is 12.2. The molecule has 126 valence electrons. The van der Waals surface area contributed by atoms with Gasteiger partial charge in [-0.25, -0.2) is 8.42 Å². The van der Waals surface area contributed by atoms with Crippen LogP contribution in [0.5, 0.6) is 11.5 Å². The molecule has 1 aliphatic rings. The van der Waals surface area contributed by atoms with Crippen molar-refractivity contribution in [1.82, 2.24) is 5.32 Å². The van der Waals surface area contributed by atoms with Gasteiger partial charge < -0.3 is 14.8 Å².